The molecule has 0 spiro atoms. The van der Waals surface area contributed by atoms with Crippen molar-refractivity contribution < 1.29 is 22.4 Å². The van der Waals surface area contributed by atoms with Crippen LogP contribution in [0.1, 0.15) is 37.5 Å². The molecule has 9 heteroatoms. The Kier molecular flexibility index (Phi) is 9.63. The molecular weight excluding hydrogens is 517 g/mol. The van der Waals surface area contributed by atoms with Gasteiger partial charge >= 0.3 is 0 Å². The Morgan fingerprint density at radius 3 is 2.10 bits per heavy atom. The first kappa shape index (κ1) is 30.0. The zero-order chi connectivity index (χ0) is 28.8. The molecule has 39 heavy (non-hydrogen) atoms. The number of benzene rings is 3. The van der Waals surface area contributed by atoms with Crippen molar-refractivity contribution in [2.24, 2.45) is 0 Å². The third kappa shape index (κ3) is 8.21. The Balaban J connectivity index is 2.00. The molecule has 0 aliphatic carbocycles. The van der Waals surface area contributed by atoms with Gasteiger partial charge in [-0.3, -0.25) is 9.59 Å². The molecule has 0 radical (unpaired) electrons. The van der Waals surface area contributed by atoms with Crippen LogP contribution in [0, 0.1) is 12.7 Å². The van der Waals surface area contributed by atoms with Gasteiger partial charge in [-0.1, -0.05) is 66.2 Å². The lowest BCUT2D eigenvalue weighted by atomic mass is 10.0. The molecule has 3 aromatic rings. The number of hydrogen-bond acceptors (Lipinski definition) is 4. The van der Waals surface area contributed by atoms with E-state index < -0.39 is 45.8 Å². The zero-order valence-corrected chi connectivity index (χ0v) is 23.8. The Morgan fingerprint density at radius 1 is 0.923 bits per heavy atom. The molecule has 0 unspecified atom stereocenters. The van der Waals surface area contributed by atoms with Crippen molar-refractivity contribution in [3.8, 4) is 0 Å². The molecule has 0 aliphatic heterocycles. The van der Waals surface area contributed by atoms with E-state index in [1.54, 1.807) is 30.3 Å². The van der Waals surface area contributed by atoms with Crippen LogP contribution >= 0.6 is 0 Å². The molecule has 0 saturated carbocycles. The van der Waals surface area contributed by atoms with Crippen LogP contribution in [0.15, 0.2) is 83.8 Å². The molecule has 0 fully saturated rings. The van der Waals surface area contributed by atoms with Gasteiger partial charge in [-0.2, -0.15) is 4.31 Å². The SMILES string of the molecule is Cc1ccc(S(=O)(=O)N(C)CC(=O)N(Cc2ccccc2F)[C@@H](Cc2ccccc2)C(=O)NC(C)(C)C)cc1. The van der Waals surface area contributed by atoms with Gasteiger partial charge in [0, 0.05) is 31.1 Å². The van der Waals surface area contributed by atoms with Crippen LogP contribution < -0.4 is 5.32 Å². The van der Waals surface area contributed by atoms with Gasteiger partial charge in [-0.15, -0.1) is 0 Å². The van der Waals surface area contributed by atoms with Gasteiger partial charge in [-0.25, -0.2) is 12.8 Å². The first-order chi connectivity index (χ1) is 18.3. The molecule has 3 aromatic carbocycles. The maximum atomic E-state index is 14.7. The lowest BCUT2D eigenvalue weighted by Gasteiger charge is -2.34. The van der Waals surface area contributed by atoms with E-state index in [4.69, 9.17) is 0 Å². The molecule has 7 nitrogen and oxygen atoms in total. The summed E-state index contributed by atoms with van der Waals surface area (Å²) in [4.78, 5) is 28.7. The molecule has 1 N–H and O–H groups in total. The number of halogens is 1. The maximum Gasteiger partial charge on any atom is 0.243 e. The van der Waals surface area contributed by atoms with Crippen LogP contribution in [0.2, 0.25) is 0 Å². The van der Waals surface area contributed by atoms with Crippen LogP contribution in [0.25, 0.3) is 0 Å². The monoisotopic (exact) mass is 553 g/mol. The number of amides is 2. The normalized spacial score (nSPS) is 12.7. The number of aryl methyl sites for hydroxylation is 1. The van der Waals surface area contributed by atoms with Crippen molar-refractivity contribution in [1.29, 1.82) is 0 Å². The number of likely N-dealkylation sites (N-methyl/N-ethyl adjacent to an activating group) is 1. The first-order valence-electron chi connectivity index (χ1n) is 12.7. The molecule has 3 rings (SSSR count). The van der Waals surface area contributed by atoms with Gasteiger partial charge < -0.3 is 10.2 Å². The molecule has 1 atom stereocenters. The highest BCUT2D eigenvalue weighted by Gasteiger charge is 2.34. The summed E-state index contributed by atoms with van der Waals surface area (Å²) in [5.41, 5.74) is 1.33. The summed E-state index contributed by atoms with van der Waals surface area (Å²) in [6, 6.07) is 20.5. The van der Waals surface area contributed by atoms with E-state index in [2.05, 4.69) is 5.32 Å². The van der Waals surface area contributed by atoms with Crippen LogP contribution in [-0.2, 0) is 32.6 Å². The predicted molar refractivity (Wildman–Crippen MR) is 150 cm³/mol. The van der Waals surface area contributed by atoms with E-state index in [9.17, 15) is 22.4 Å². The fourth-order valence-electron chi connectivity index (χ4n) is 4.07. The second kappa shape index (κ2) is 12.5. The average Bonchev–Trinajstić information content (AvgIpc) is 2.87. The molecular formula is C30H36FN3O4S. The second-order valence-electron chi connectivity index (χ2n) is 10.6. The molecule has 208 valence electrons. The van der Waals surface area contributed by atoms with E-state index in [-0.39, 0.29) is 23.4 Å². The number of carbonyl (C=O) groups is 2. The number of rotatable bonds is 10. The molecule has 0 aromatic heterocycles. The summed E-state index contributed by atoms with van der Waals surface area (Å²) < 4.78 is 42.1. The summed E-state index contributed by atoms with van der Waals surface area (Å²) in [6.07, 6.45) is 0.164. The van der Waals surface area contributed by atoms with Crippen molar-refractivity contribution >= 4 is 21.8 Å². The van der Waals surface area contributed by atoms with Gasteiger partial charge in [0.1, 0.15) is 11.9 Å². The lowest BCUT2D eigenvalue weighted by molar-refractivity contribution is -0.142. The smallest absolute Gasteiger partial charge is 0.243 e. The lowest BCUT2D eigenvalue weighted by Crippen LogP contribution is -2.56. The van der Waals surface area contributed by atoms with Crippen molar-refractivity contribution in [3.05, 3.63) is 101 Å². The van der Waals surface area contributed by atoms with Gasteiger partial charge in [0.2, 0.25) is 21.8 Å². The average molecular weight is 554 g/mol. The number of nitrogens with one attached hydrogen (secondary N) is 1. The zero-order valence-electron chi connectivity index (χ0n) is 23.0. The highest BCUT2D eigenvalue weighted by Crippen LogP contribution is 2.20. The number of sulfonamides is 1. The van der Waals surface area contributed by atoms with E-state index in [1.165, 1.54) is 30.1 Å². The molecule has 0 saturated heterocycles. The van der Waals surface area contributed by atoms with Gasteiger partial charge in [0.15, 0.2) is 0 Å². The molecule has 0 aliphatic rings. The van der Waals surface area contributed by atoms with Gasteiger partial charge in [0.25, 0.3) is 0 Å². The van der Waals surface area contributed by atoms with E-state index >= 15 is 0 Å². The van der Waals surface area contributed by atoms with Crippen molar-refractivity contribution in [2.45, 2.75) is 57.1 Å². The third-order valence-electron chi connectivity index (χ3n) is 6.15. The molecule has 2 amide bonds. The Morgan fingerprint density at radius 2 is 1.51 bits per heavy atom. The summed E-state index contributed by atoms with van der Waals surface area (Å²) >= 11 is 0. The first-order valence-corrected chi connectivity index (χ1v) is 14.1. The number of nitrogens with zero attached hydrogens (tertiary/aromatic N) is 2. The van der Waals surface area contributed by atoms with Crippen LogP contribution in [0.3, 0.4) is 0 Å². The Bertz CT molecular complexity index is 1390. The standard InChI is InChI=1S/C30H36FN3O4S/c1-22-15-17-25(18-16-22)39(37,38)33(5)21-28(35)34(20-24-13-9-10-14-26(24)31)27(29(36)32-30(2,3)4)19-23-11-7-6-8-12-23/h6-18,27H,19-21H2,1-5H3,(H,32,36)/t27-/m0/s1. The number of carbonyl (C=O) groups excluding carboxylic acids is 2. The van der Waals surface area contributed by atoms with Crippen LogP contribution in [-0.4, -0.2) is 54.6 Å². The Labute approximate surface area is 230 Å². The summed E-state index contributed by atoms with van der Waals surface area (Å²) in [7, 11) is -2.67. The number of hydrogen-bond donors (Lipinski definition) is 1. The third-order valence-corrected chi connectivity index (χ3v) is 7.97. The fourth-order valence-corrected chi connectivity index (χ4v) is 5.19. The van der Waals surface area contributed by atoms with E-state index in [0.29, 0.717) is 0 Å². The summed E-state index contributed by atoms with van der Waals surface area (Å²) in [5.74, 6) is -1.56. The summed E-state index contributed by atoms with van der Waals surface area (Å²) in [6.45, 7) is 6.60. The molecule has 0 bridgehead atoms. The quantitative estimate of drug-likeness (QED) is 0.406. The van der Waals surface area contributed by atoms with Gasteiger partial charge in [0.05, 0.1) is 11.4 Å². The van der Waals surface area contributed by atoms with Crippen molar-refractivity contribution in [3.63, 3.8) is 0 Å². The largest absolute Gasteiger partial charge is 0.350 e. The fraction of sp³-hybridized carbons (Fsp3) is 0.333. The van der Waals surface area contributed by atoms with Crippen molar-refractivity contribution in [2.75, 3.05) is 13.6 Å². The maximum absolute atomic E-state index is 14.7. The Hall–Kier alpha value is -3.56. The molecule has 0 heterocycles. The highest BCUT2D eigenvalue weighted by molar-refractivity contribution is 7.89. The minimum absolute atomic E-state index is 0.0513. The minimum atomic E-state index is -3.99. The second-order valence-corrected chi connectivity index (χ2v) is 12.7. The van der Waals surface area contributed by atoms with E-state index in [0.717, 1.165) is 15.4 Å². The topological polar surface area (TPSA) is 86.8 Å². The van der Waals surface area contributed by atoms with Gasteiger partial charge in [-0.05, 0) is 51.5 Å². The highest BCUT2D eigenvalue weighted by atomic mass is 32.2. The van der Waals surface area contributed by atoms with Crippen LogP contribution in [0.5, 0.6) is 0 Å². The van der Waals surface area contributed by atoms with Crippen molar-refractivity contribution in [1.82, 2.24) is 14.5 Å². The predicted octanol–water partition coefficient (Wildman–Crippen LogP) is 4.31. The minimum Gasteiger partial charge on any atom is -0.350 e. The van der Waals surface area contributed by atoms with E-state index in [1.807, 2.05) is 58.0 Å². The van der Waals surface area contributed by atoms with Crippen LogP contribution in [0.4, 0.5) is 4.39 Å². The summed E-state index contributed by atoms with van der Waals surface area (Å²) in [5, 5.41) is 2.93.